The van der Waals surface area contributed by atoms with E-state index in [-0.39, 0.29) is 23.7 Å². The summed E-state index contributed by atoms with van der Waals surface area (Å²) in [7, 11) is 0. The van der Waals surface area contributed by atoms with Crippen LogP contribution in [0.2, 0.25) is 0 Å². The summed E-state index contributed by atoms with van der Waals surface area (Å²) >= 11 is 0. The van der Waals surface area contributed by atoms with E-state index in [1.54, 1.807) is 12.1 Å². The molecule has 208 valence electrons. The first-order valence-electron chi connectivity index (χ1n) is 14.1. The molecule has 0 spiro atoms. The fraction of sp³-hybridized carbons (Fsp3) is 0.621. The molecule has 1 aromatic heterocycles. The number of likely N-dealkylation sites (tertiary alicyclic amines) is 1. The van der Waals surface area contributed by atoms with Crippen LogP contribution in [0, 0.1) is 34.5 Å². The maximum Gasteiger partial charge on any atom is 0.573 e. The molecule has 4 saturated carbocycles. The van der Waals surface area contributed by atoms with Crippen LogP contribution in [0.5, 0.6) is 5.75 Å². The number of aromatic nitrogens is 2. The molecule has 2 heterocycles. The van der Waals surface area contributed by atoms with E-state index in [1.807, 2.05) is 0 Å². The van der Waals surface area contributed by atoms with Crippen molar-refractivity contribution in [3.8, 4) is 11.8 Å². The van der Waals surface area contributed by atoms with Crippen molar-refractivity contribution in [3.63, 3.8) is 0 Å². The second-order valence-corrected chi connectivity index (χ2v) is 12.0. The van der Waals surface area contributed by atoms with Crippen LogP contribution >= 0.6 is 0 Å². The van der Waals surface area contributed by atoms with E-state index >= 15 is 0 Å². The summed E-state index contributed by atoms with van der Waals surface area (Å²) in [5.41, 5.74) is 0.911. The van der Waals surface area contributed by atoms with Gasteiger partial charge < -0.3 is 15.4 Å². The second-order valence-electron chi connectivity index (χ2n) is 12.0. The van der Waals surface area contributed by atoms with Gasteiger partial charge in [0.15, 0.2) is 0 Å². The van der Waals surface area contributed by atoms with Crippen molar-refractivity contribution in [3.05, 3.63) is 41.6 Å². The third-order valence-electron chi connectivity index (χ3n) is 9.34. The van der Waals surface area contributed by atoms with Gasteiger partial charge >= 0.3 is 6.36 Å². The van der Waals surface area contributed by atoms with Crippen LogP contribution in [0.15, 0.2) is 30.5 Å². The Kier molecular flexibility index (Phi) is 7.04. The number of nitrogens with one attached hydrogen (secondary N) is 2. The molecular formula is C29H35F3N6O. The molecule has 5 fully saturated rings. The Morgan fingerprint density at radius 1 is 1.05 bits per heavy atom. The molecule has 7 nitrogen and oxygen atoms in total. The topological polar surface area (TPSA) is 86.1 Å². The van der Waals surface area contributed by atoms with E-state index in [2.05, 4.69) is 36.3 Å². The number of ether oxygens (including phenoxy) is 1. The van der Waals surface area contributed by atoms with E-state index in [1.165, 1.54) is 82.8 Å². The van der Waals surface area contributed by atoms with Crippen LogP contribution in [0.3, 0.4) is 0 Å². The normalized spacial score (nSPS) is 30.1. The standard InChI is InChI=1S/C29H35F3N6O/c30-29(31,32)39-24-7-3-2-6-20(24)16-34-27-35-17-23(15-33)26(37-27)36-18-28-12-19-10-21(13-28)25(22(11-19)14-28)38-8-4-1-5-9-38/h2-3,6-7,17,19,21-22,25H,1,4-5,8-14,16,18H2,(H2,34,35,36,37)/t19?,21-,22-,25?,28?/m0/s1. The van der Waals surface area contributed by atoms with Gasteiger partial charge in [0.2, 0.25) is 5.95 Å². The third kappa shape index (κ3) is 5.65. The van der Waals surface area contributed by atoms with Crippen LogP contribution in [0.1, 0.15) is 62.5 Å². The summed E-state index contributed by atoms with van der Waals surface area (Å²) in [5.74, 6) is 2.75. The quantitative estimate of drug-likeness (QED) is 0.428. The lowest BCUT2D eigenvalue weighted by atomic mass is 9.47. The Balaban J connectivity index is 1.13. The van der Waals surface area contributed by atoms with Gasteiger partial charge in [0.25, 0.3) is 0 Å². The fourth-order valence-corrected chi connectivity index (χ4v) is 8.20. The number of benzene rings is 1. The van der Waals surface area contributed by atoms with Crippen LogP contribution in [-0.2, 0) is 6.54 Å². The molecule has 10 heteroatoms. The summed E-state index contributed by atoms with van der Waals surface area (Å²) in [5, 5.41) is 16.2. The van der Waals surface area contributed by atoms with Gasteiger partial charge in [-0.1, -0.05) is 24.6 Å². The minimum Gasteiger partial charge on any atom is -0.405 e. The lowest BCUT2D eigenvalue weighted by molar-refractivity contribution is -0.274. The van der Waals surface area contributed by atoms with Crippen molar-refractivity contribution >= 4 is 11.8 Å². The number of nitrogens with zero attached hydrogens (tertiary/aromatic N) is 4. The molecule has 39 heavy (non-hydrogen) atoms. The first-order valence-corrected chi connectivity index (χ1v) is 14.1. The lowest BCUT2D eigenvalue weighted by Gasteiger charge is -2.62. The molecule has 4 bridgehead atoms. The fourth-order valence-electron chi connectivity index (χ4n) is 8.20. The molecule has 7 rings (SSSR count). The highest BCUT2D eigenvalue weighted by atomic mass is 19.4. The molecule has 5 aliphatic rings. The van der Waals surface area contributed by atoms with Crippen LogP contribution < -0.4 is 15.4 Å². The molecule has 2 atom stereocenters. The number of piperidine rings is 1. The molecule has 2 N–H and O–H groups in total. The molecule has 0 amide bonds. The minimum absolute atomic E-state index is 0.0461. The summed E-state index contributed by atoms with van der Waals surface area (Å²) in [4.78, 5) is 11.6. The Labute approximate surface area is 227 Å². The van der Waals surface area contributed by atoms with Crippen molar-refractivity contribution in [2.24, 2.45) is 23.2 Å². The van der Waals surface area contributed by atoms with Crippen LogP contribution in [0.25, 0.3) is 0 Å². The predicted molar refractivity (Wildman–Crippen MR) is 141 cm³/mol. The molecule has 0 unspecified atom stereocenters. The smallest absolute Gasteiger partial charge is 0.405 e. The van der Waals surface area contributed by atoms with E-state index < -0.39 is 6.36 Å². The number of para-hydroxylation sites is 1. The van der Waals surface area contributed by atoms with Gasteiger partial charge in [0.05, 0.1) is 6.20 Å². The predicted octanol–water partition coefficient (Wildman–Crippen LogP) is 5.95. The SMILES string of the molecule is N#Cc1cnc(NCc2ccccc2OC(F)(F)F)nc1NCC12CC3C[C@@H](C1)C(N1CCCCC1)[C@@H](C3)C2. The summed E-state index contributed by atoms with van der Waals surface area (Å²) in [6.45, 7) is 3.33. The van der Waals surface area contributed by atoms with Gasteiger partial charge in [-0.2, -0.15) is 10.2 Å². The molecule has 4 aliphatic carbocycles. The molecule has 1 aromatic carbocycles. The monoisotopic (exact) mass is 540 g/mol. The number of halogens is 3. The Bertz CT molecular complexity index is 1210. The third-order valence-corrected chi connectivity index (χ3v) is 9.34. The number of rotatable bonds is 8. The molecule has 2 aromatic rings. The lowest BCUT2D eigenvalue weighted by Crippen LogP contribution is -2.61. The van der Waals surface area contributed by atoms with Crippen LogP contribution in [0.4, 0.5) is 24.9 Å². The molecular weight excluding hydrogens is 505 g/mol. The summed E-state index contributed by atoms with van der Waals surface area (Å²) in [6, 6.07) is 8.88. The Morgan fingerprint density at radius 2 is 1.79 bits per heavy atom. The van der Waals surface area contributed by atoms with Crippen LogP contribution in [-0.4, -0.2) is 46.9 Å². The number of hydrogen-bond acceptors (Lipinski definition) is 7. The molecule has 1 aliphatic heterocycles. The largest absolute Gasteiger partial charge is 0.573 e. The zero-order valence-electron chi connectivity index (χ0n) is 22.0. The first kappa shape index (κ1) is 26.2. The zero-order chi connectivity index (χ0) is 27.0. The minimum atomic E-state index is -4.77. The second kappa shape index (κ2) is 10.5. The van der Waals surface area contributed by atoms with Crippen molar-refractivity contribution in [2.75, 3.05) is 30.3 Å². The van der Waals surface area contributed by atoms with Crippen molar-refractivity contribution in [1.82, 2.24) is 14.9 Å². The van der Waals surface area contributed by atoms with E-state index in [9.17, 15) is 18.4 Å². The van der Waals surface area contributed by atoms with Gasteiger partial charge in [0.1, 0.15) is 23.2 Å². The highest BCUT2D eigenvalue weighted by molar-refractivity contribution is 5.53. The van der Waals surface area contributed by atoms with E-state index in [4.69, 9.17) is 0 Å². The van der Waals surface area contributed by atoms with Crippen molar-refractivity contribution in [2.45, 2.75) is 70.3 Å². The van der Waals surface area contributed by atoms with E-state index in [0.29, 0.717) is 16.9 Å². The average molecular weight is 541 g/mol. The number of alkyl halides is 3. The van der Waals surface area contributed by atoms with E-state index in [0.717, 1.165) is 30.3 Å². The van der Waals surface area contributed by atoms with Gasteiger partial charge in [-0.15, -0.1) is 13.2 Å². The summed E-state index contributed by atoms with van der Waals surface area (Å²) < 4.78 is 42.5. The number of hydrogen-bond donors (Lipinski definition) is 2. The van der Waals surface area contributed by atoms with Crippen molar-refractivity contribution in [1.29, 1.82) is 5.26 Å². The van der Waals surface area contributed by atoms with Gasteiger partial charge in [-0.25, -0.2) is 4.98 Å². The number of anilines is 2. The summed E-state index contributed by atoms with van der Waals surface area (Å²) in [6.07, 6.45) is 7.08. The highest BCUT2D eigenvalue weighted by Gasteiger charge is 2.56. The molecule has 0 radical (unpaired) electrons. The average Bonchev–Trinajstić information content (AvgIpc) is 2.91. The molecule has 1 saturated heterocycles. The zero-order valence-corrected chi connectivity index (χ0v) is 22.0. The van der Waals surface area contributed by atoms with Crippen molar-refractivity contribution < 1.29 is 17.9 Å². The first-order chi connectivity index (χ1) is 18.8. The van der Waals surface area contributed by atoms with Gasteiger partial charge in [0, 0.05) is 24.7 Å². The van der Waals surface area contributed by atoms with Gasteiger partial charge in [-0.05, 0) is 87.3 Å². The Hall–Kier alpha value is -3.06. The Morgan fingerprint density at radius 3 is 2.51 bits per heavy atom. The number of nitriles is 1. The highest BCUT2D eigenvalue weighted by Crippen LogP contribution is 2.61. The van der Waals surface area contributed by atoms with Gasteiger partial charge in [-0.3, -0.25) is 4.90 Å². The maximum absolute atomic E-state index is 12.8. The maximum atomic E-state index is 12.8.